The fraction of sp³-hybridized carbons (Fsp3) is 0.348. The van der Waals surface area contributed by atoms with Crippen molar-refractivity contribution in [3.05, 3.63) is 83.1 Å². The quantitative estimate of drug-likeness (QED) is 0.587. The van der Waals surface area contributed by atoms with Crippen LogP contribution in [0.4, 0.5) is 4.39 Å². The Balaban J connectivity index is 1.47. The largest absolute Gasteiger partial charge is 0.339 e. The van der Waals surface area contributed by atoms with E-state index in [-0.39, 0.29) is 28.7 Å². The predicted molar refractivity (Wildman–Crippen MR) is 118 cm³/mol. The summed E-state index contributed by atoms with van der Waals surface area (Å²) in [4.78, 5) is 3.93. The van der Waals surface area contributed by atoms with Crippen LogP contribution in [0.5, 0.6) is 0 Å². The predicted octanol–water partition coefficient (Wildman–Crippen LogP) is 2.68. The van der Waals surface area contributed by atoms with Gasteiger partial charge in [-0.2, -0.15) is 0 Å². The maximum atomic E-state index is 13.3. The fourth-order valence-corrected chi connectivity index (χ4v) is 5.22. The summed E-state index contributed by atoms with van der Waals surface area (Å²) in [6.07, 6.45) is 5.56. The molecule has 0 aliphatic heterocycles. The van der Waals surface area contributed by atoms with Gasteiger partial charge in [0, 0.05) is 31.7 Å². The third kappa shape index (κ3) is 5.03. The molecule has 2 atom stereocenters. The lowest BCUT2D eigenvalue weighted by Gasteiger charge is -2.32. The number of fused-ring (bicyclic) bond motifs is 1. The zero-order chi connectivity index (χ0) is 22.0. The van der Waals surface area contributed by atoms with Gasteiger partial charge in [0.05, 0.1) is 6.33 Å². The smallest absolute Gasteiger partial charge is 0.210 e. The van der Waals surface area contributed by atoms with Crippen LogP contribution in [-0.4, -0.2) is 29.9 Å². The minimum Gasteiger partial charge on any atom is -0.339 e. The Hall–Kier alpha value is -2.55. The number of imidazole rings is 1. The number of sulfone groups is 1. The Morgan fingerprint density at radius 3 is 2.65 bits per heavy atom. The van der Waals surface area contributed by atoms with Crippen molar-refractivity contribution in [2.75, 3.05) is 5.88 Å². The number of nitrogens with one attached hydrogen (secondary N) is 1. The molecule has 8 heteroatoms. The molecule has 1 aromatic heterocycles. The number of aryl methyl sites for hydroxylation is 2. The molecule has 6 nitrogen and oxygen atoms in total. The highest BCUT2D eigenvalue weighted by molar-refractivity contribution is 7.91. The summed E-state index contributed by atoms with van der Waals surface area (Å²) >= 11 is 0. The van der Waals surface area contributed by atoms with Gasteiger partial charge < -0.3 is 10.3 Å². The molecule has 1 aliphatic rings. The van der Waals surface area contributed by atoms with E-state index in [0.29, 0.717) is 6.54 Å². The third-order valence-electron chi connectivity index (χ3n) is 5.86. The van der Waals surface area contributed by atoms with Gasteiger partial charge in [-0.1, -0.05) is 30.3 Å². The number of aromatic nitrogens is 2. The van der Waals surface area contributed by atoms with Gasteiger partial charge >= 0.3 is 0 Å². The van der Waals surface area contributed by atoms with Crippen molar-refractivity contribution >= 4 is 9.84 Å². The van der Waals surface area contributed by atoms with Crippen LogP contribution >= 0.6 is 0 Å². The highest BCUT2D eigenvalue weighted by atomic mass is 32.2. The van der Waals surface area contributed by atoms with Crippen molar-refractivity contribution in [3.8, 4) is 0 Å². The number of nitrogens with two attached hydrogens (primary N) is 1. The highest BCUT2D eigenvalue weighted by Gasteiger charge is 2.27. The first-order valence-electron chi connectivity index (χ1n) is 10.3. The first-order chi connectivity index (χ1) is 14.8. The molecule has 0 bridgehead atoms. The third-order valence-corrected chi connectivity index (χ3v) is 7.30. The van der Waals surface area contributed by atoms with Crippen molar-refractivity contribution in [3.63, 3.8) is 0 Å². The monoisotopic (exact) mass is 442 g/mol. The highest BCUT2D eigenvalue weighted by Crippen LogP contribution is 2.34. The maximum Gasteiger partial charge on any atom is 0.210 e. The van der Waals surface area contributed by atoms with Crippen LogP contribution in [0, 0.1) is 5.82 Å². The SMILES string of the molecule is Cn1cnc(S(=O)(=O)CNCc2ccc3c(c2)C(Cc2ccc(F)cc2)C(N)CC3)c1. The zero-order valence-electron chi connectivity index (χ0n) is 17.5. The molecule has 2 aromatic carbocycles. The van der Waals surface area contributed by atoms with Crippen molar-refractivity contribution in [2.45, 2.75) is 42.8 Å². The van der Waals surface area contributed by atoms with Gasteiger partial charge in [0.2, 0.25) is 9.84 Å². The molecular weight excluding hydrogens is 415 g/mol. The van der Waals surface area contributed by atoms with E-state index < -0.39 is 9.84 Å². The summed E-state index contributed by atoms with van der Waals surface area (Å²) < 4.78 is 39.7. The van der Waals surface area contributed by atoms with E-state index in [1.165, 1.54) is 35.8 Å². The molecule has 0 amide bonds. The summed E-state index contributed by atoms with van der Waals surface area (Å²) in [7, 11) is -1.75. The number of nitrogens with zero attached hydrogens (tertiary/aromatic N) is 2. The average Bonchev–Trinajstić information content (AvgIpc) is 3.19. The molecule has 31 heavy (non-hydrogen) atoms. The normalized spacial score (nSPS) is 18.7. The second-order valence-corrected chi connectivity index (χ2v) is 10.2. The molecule has 164 valence electrons. The van der Waals surface area contributed by atoms with Crippen molar-refractivity contribution < 1.29 is 12.8 Å². The van der Waals surface area contributed by atoms with E-state index in [1.807, 2.05) is 18.2 Å². The molecule has 3 N–H and O–H groups in total. The second kappa shape index (κ2) is 8.90. The van der Waals surface area contributed by atoms with E-state index in [1.54, 1.807) is 11.6 Å². The minimum absolute atomic E-state index is 0.0327. The van der Waals surface area contributed by atoms with E-state index >= 15 is 0 Å². The van der Waals surface area contributed by atoms with E-state index in [9.17, 15) is 12.8 Å². The van der Waals surface area contributed by atoms with Crippen molar-refractivity contribution in [2.24, 2.45) is 12.8 Å². The summed E-state index contributed by atoms with van der Waals surface area (Å²) in [5.41, 5.74) is 11.0. The summed E-state index contributed by atoms with van der Waals surface area (Å²) in [6.45, 7) is 0.428. The molecule has 0 spiro atoms. The number of hydrogen-bond acceptors (Lipinski definition) is 5. The fourth-order valence-electron chi connectivity index (χ4n) is 4.17. The molecule has 0 saturated carbocycles. The Morgan fingerprint density at radius 1 is 1.19 bits per heavy atom. The van der Waals surface area contributed by atoms with E-state index in [4.69, 9.17) is 5.73 Å². The number of rotatable bonds is 7. The van der Waals surface area contributed by atoms with Crippen molar-refractivity contribution in [1.29, 1.82) is 0 Å². The molecule has 1 heterocycles. The van der Waals surface area contributed by atoms with Crippen LogP contribution in [0.3, 0.4) is 0 Å². The minimum atomic E-state index is -3.48. The van der Waals surface area contributed by atoms with Crippen LogP contribution in [0.25, 0.3) is 0 Å². The average molecular weight is 443 g/mol. The van der Waals surface area contributed by atoms with Crippen LogP contribution in [0.2, 0.25) is 0 Å². The molecule has 3 aromatic rings. The van der Waals surface area contributed by atoms with E-state index in [2.05, 4.69) is 22.4 Å². The molecule has 0 saturated heterocycles. The Kier molecular flexibility index (Phi) is 6.22. The maximum absolute atomic E-state index is 13.3. The first kappa shape index (κ1) is 21.7. The van der Waals surface area contributed by atoms with Crippen LogP contribution in [0.1, 0.15) is 34.6 Å². The van der Waals surface area contributed by atoms with Gasteiger partial charge in [-0.3, -0.25) is 5.32 Å². The number of hydrogen-bond donors (Lipinski definition) is 2. The molecular formula is C23H27FN4O2S. The molecule has 1 aliphatic carbocycles. The number of halogens is 1. The van der Waals surface area contributed by atoms with Crippen LogP contribution in [-0.2, 0) is 36.3 Å². The van der Waals surface area contributed by atoms with Gasteiger partial charge in [0.15, 0.2) is 5.03 Å². The van der Waals surface area contributed by atoms with Gasteiger partial charge in [-0.25, -0.2) is 17.8 Å². The topological polar surface area (TPSA) is 90.0 Å². The van der Waals surface area contributed by atoms with Gasteiger partial charge in [-0.05, 0) is 53.6 Å². The molecule has 0 fully saturated rings. The second-order valence-electron chi connectivity index (χ2n) is 8.24. The lowest BCUT2D eigenvalue weighted by molar-refractivity contribution is 0.466. The number of benzene rings is 2. The standard InChI is InChI=1S/C23H27FN4O2S/c1-28-13-23(27-14-28)31(29,30)15-26-12-17-2-5-18-6-9-22(25)21(20(18)11-17)10-16-3-7-19(24)8-4-16/h2-5,7-8,11,13-14,21-22,26H,6,9-10,12,15,25H2,1H3. The van der Waals surface area contributed by atoms with Gasteiger partial charge in [0.1, 0.15) is 11.7 Å². The summed E-state index contributed by atoms with van der Waals surface area (Å²) in [6, 6.07) is 12.9. The van der Waals surface area contributed by atoms with E-state index in [0.717, 1.165) is 30.4 Å². The van der Waals surface area contributed by atoms with Gasteiger partial charge in [-0.15, -0.1) is 0 Å². The molecule has 2 unspecified atom stereocenters. The lowest BCUT2D eigenvalue weighted by atomic mass is 9.76. The van der Waals surface area contributed by atoms with Crippen LogP contribution in [0.15, 0.2) is 60.0 Å². The lowest BCUT2D eigenvalue weighted by Crippen LogP contribution is -2.34. The first-order valence-corrected chi connectivity index (χ1v) is 12.0. The Morgan fingerprint density at radius 2 is 1.94 bits per heavy atom. The zero-order valence-corrected chi connectivity index (χ0v) is 18.3. The summed E-state index contributed by atoms with van der Waals surface area (Å²) in [5.74, 6) is -0.280. The summed E-state index contributed by atoms with van der Waals surface area (Å²) in [5, 5.41) is 3.10. The molecule has 0 radical (unpaired) electrons. The van der Waals surface area contributed by atoms with Crippen molar-refractivity contribution in [1.82, 2.24) is 14.9 Å². The Labute approximate surface area is 182 Å². The van der Waals surface area contributed by atoms with Crippen LogP contribution < -0.4 is 11.1 Å². The van der Waals surface area contributed by atoms with Gasteiger partial charge in [0.25, 0.3) is 0 Å². The Bertz CT molecular complexity index is 1160. The molecule has 4 rings (SSSR count).